The molecule has 0 aliphatic heterocycles. The minimum atomic E-state index is -0.448. The van der Waals surface area contributed by atoms with Gasteiger partial charge in [-0.25, -0.2) is 14.6 Å². The molecule has 9 heteroatoms. The van der Waals surface area contributed by atoms with Crippen molar-refractivity contribution in [3.8, 4) is 23.1 Å². The van der Waals surface area contributed by atoms with Crippen molar-refractivity contribution in [3.63, 3.8) is 0 Å². The van der Waals surface area contributed by atoms with E-state index in [0.29, 0.717) is 59.9 Å². The maximum Gasteiger partial charge on any atom is 0.338 e. The SMILES string of the molecule is C=CC(=O)OCCCCCCOc1ccc(CCOC(=O)c2ccc3c(c2)nc(Oc2ccc(OCCCCCC)cc2)c2cc(C=O)ccc23)cc1. The van der Waals surface area contributed by atoms with Crippen LogP contribution in [0.25, 0.3) is 21.7 Å². The minimum absolute atomic E-state index is 0.214. The molecule has 53 heavy (non-hydrogen) atoms. The predicted molar refractivity (Wildman–Crippen MR) is 206 cm³/mol. The van der Waals surface area contributed by atoms with E-state index in [-0.39, 0.29) is 12.6 Å². The zero-order chi connectivity index (χ0) is 37.3. The maximum atomic E-state index is 13.1. The van der Waals surface area contributed by atoms with Gasteiger partial charge in [0, 0.05) is 28.8 Å². The van der Waals surface area contributed by atoms with Gasteiger partial charge in [-0.2, -0.15) is 0 Å². The highest BCUT2D eigenvalue weighted by atomic mass is 16.5. The van der Waals surface area contributed by atoms with Gasteiger partial charge in [0.05, 0.1) is 37.5 Å². The second-order valence-electron chi connectivity index (χ2n) is 12.7. The summed E-state index contributed by atoms with van der Waals surface area (Å²) in [4.78, 5) is 40.6. The summed E-state index contributed by atoms with van der Waals surface area (Å²) in [7, 11) is 0. The molecule has 0 radical (unpaired) electrons. The third-order valence-corrected chi connectivity index (χ3v) is 8.73. The monoisotopic (exact) mass is 717 g/mol. The van der Waals surface area contributed by atoms with Crippen LogP contribution < -0.4 is 14.2 Å². The first kappa shape index (κ1) is 38.5. The van der Waals surface area contributed by atoms with Crippen molar-refractivity contribution in [1.29, 1.82) is 0 Å². The van der Waals surface area contributed by atoms with E-state index in [2.05, 4.69) is 13.5 Å². The summed E-state index contributed by atoms with van der Waals surface area (Å²) < 4.78 is 28.6. The Hall–Kier alpha value is -5.70. The van der Waals surface area contributed by atoms with E-state index in [0.717, 1.165) is 72.6 Å². The number of aldehydes is 1. The number of nitrogens with zero attached hydrogens (tertiary/aromatic N) is 1. The highest BCUT2D eigenvalue weighted by Crippen LogP contribution is 2.35. The van der Waals surface area contributed by atoms with Crippen molar-refractivity contribution in [2.75, 3.05) is 26.4 Å². The quantitative estimate of drug-likeness (QED) is 0.0227. The topological polar surface area (TPSA) is 110 Å². The third-order valence-electron chi connectivity index (χ3n) is 8.73. The number of ether oxygens (including phenoxy) is 5. The van der Waals surface area contributed by atoms with Gasteiger partial charge in [0.25, 0.3) is 0 Å². The highest BCUT2D eigenvalue weighted by molar-refractivity contribution is 6.10. The molecule has 0 N–H and O–H groups in total. The van der Waals surface area contributed by atoms with E-state index in [1.807, 2.05) is 60.7 Å². The molecule has 0 saturated heterocycles. The van der Waals surface area contributed by atoms with Crippen LogP contribution >= 0.6 is 0 Å². The molecule has 0 unspecified atom stereocenters. The van der Waals surface area contributed by atoms with Gasteiger partial charge in [-0.1, -0.05) is 63.1 Å². The van der Waals surface area contributed by atoms with Gasteiger partial charge < -0.3 is 23.7 Å². The van der Waals surface area contributed by atoms with E-state index >= 15 is 0 Å². The van der Waals surface area contributed by atoms with Crippen molar-refractivity contribution >= 4 is 39.9 Å². The number of aromatic nitrogens is 1. The summed E-state index contributed by atoms with van der Waals surface area (Å²) in [6.07, 6.45) is 10.7. The summed E-state index contributed by atoms with van der Waals surface area (Å²) in [6, 6.07) is 25.8. The lowest BCUT2D eigenvalue weighted by Crippen LogP contribution is -2.08. The number of rotatable bonds is 22. The first-order valence-corrected chi connectivity index (χ1v) is 18.4. The van der Waals surface area contributed by atoms with Crippen LogP contribution in [0.15, 0.2) is 97.6 Å². The number of esters is 2. The third kappa shape index (κ3) is 11.7. The first-order chi connectivity index (χ1) is 26.0. The molecule has 0 aliphatic rings. The van der Waals surface area contributed by atoms with Crippen LogP contribution in [0.2, 0.25) is 0 Å². The molecule has 0 saturated carbocycles. The smallest absolute Gasteiger partial charge is 0.338 e. The average Bonchev–Trinajstić information content (AvgIpc) is 3.19. The molecule has 5 rings (SSSR count). The molecule has 0 spiro atoms. The first-order valence-electron chi connectivity index (χ1n) is 18.4. The molecule has 1 aromatic heterocycles. The average molecular weight is 718 g/mol. The van der Waals surface area contributed by atoms with Crippen LogP contribution in [0.4, 0.5) is 0 Å². The molecule has 0 bridgehead atoms. The zero-order valence-electron chi connectivity index (χ0n) is 30.4. The zero-order valence-corrected chi connectivity index (χ0v) is 30.4. The van der Waals surface area contributed by atoms with E-state index in [4.69, 9.17) is 28.7 Å². The number of hydrogen-bond donors (Lipinski definition) is 0. The normalized spacial score (nSPS) is 10.9. The Bertz CT molecular complexity index is 1970. The van der Waals surface area contributed by atoms with Gasteiger partial charge >= 0.3 is 11.9 Å². The van der Waals surface area contributed by atoms with Gasteiger partial charge in [0.1, 0.15) is 23.5 Å². The molecule has 5 aromatic rings. The van der Waals surface area contributed by atoms with Crippen molar-refractivity contribution < 1.29 is 38.1 Å². The fourth-order valence-electron chi connectivity index (χ4n) is 5.78. The molecule has 1 heterocycles. The number of carbonyl (C=O) groups is 3. The summed E-state index contributed by atoms with van der Waals surface area (Å²) in [5.41, 5.74) is 2.47. The molecule has 4 aromatic carbocycles. The Balaban J connectivity index is 1.15. The summed E-state index contributed by atoms with van der Waals surface area (Å²) in [5.74, 6) is 1.61. The van der Waals surface area contributed by atoms with Crippen LogP contribution in [0.5, 0.6) is 23.1 Å². The number of benzene rings is 4. The Morgan fingerprint density at radius 3 is 1.98 bits per heavy atom. The number of unbranched alkanes of at least 4 members (excludes halogenated alkanes) is 6. The van der Waals surface area contributed by atoms with Gasteiger partial charge in [0.15, 0.2) is 0 Å². The minimum Gasteiger partial charge on any atom is -0.494 e. The Morgan fingerprint density at radius 2 is 1.30 bits per heavy atom. The standard InChI is InChI=1S/C44H47NO8/c1-3-5-6-9-25-50-36-18-20-37(21-19-36)53-43-40-29-33(31-46)14-22-38(40)39-23-15-34(30-41(39)45-43)44(48)52-28-24-32-12-16-35(17-13-32)49-26-10-7-8-11-27-51-42(47)4-2/h4,12-23,29-31H,2-3,5-11,24-28H2,1H3. The lowest BCUT2D eigenvalue weighted by Gasteiger charge is -2.13. The molecule has 276 valence electrons. The van der Waals surface area contributed by atoms with Crippen molar-refractivity contribution in [1.82, 2.24) is 4.98 Å². The van der Waals surface area contributed by atoms with Crippen molar-refractivity contribution in [3.05, 3.63) is 114 Å². The molecule has 0 aliphatic carbocycles. The fraction of sp³-hybridized carbons (Fsp3) is 0.318. The van der Waals surface area contributed by atoms with Gasteiger partial charge in [-0.3, -0.25) is 4.79 Å². The number of carbonyl (C=O) groups excluding carboxylic acids is 3. The lowest BCUT2D eigenvalue weighted by atomic mass is 10.0. The molecular weight excluding hydrogens is 670 g/mol. The van der Waals surface area contributed by atoms with Gasteiger partial charge in [0.2, 0.25) is 5.88 Å². The molecular formula is C44H47NO8. The Kier molecular flexibility index (Phi) is 14.8. The Morgan fingerprint density at radius 1 is 0.660 bits per heavy atom. The predicted octanol–water partition coefficient (Wildman–Crippen LogP) is 10.0. The van der Waals surface area contributed by atoms with Crippen molar-refractivity contribution in [2.45, 2.75) is 64.7 Å². The van der Waals surface area contributed by atoms with Crippen LogP contribution in [-0.4, -0.2) is 49.6 Å². The molecule has 0 atom stereocenters. The van der Waals surface area contributed by atoms with Crippen LogP contribution in [-0.2, 0) is 20.7 Å². The summed E-state index contributed by atoms with van der Waals surface area (Å²) in [5, 5.41) is 2.35. The molecule has 0 amide bonds. The Labute approximate surface area is 310 Å². The maximum absolute atomic E-state index is 13.1. The highest BCUT2D eigenvalue weighted by Gasteiger charge is 2.15. The second kappa shape index (κ2) is 20.4. The second-order valence-corrected chi connectivity index (χ2v) is 12.7. The van der Waals surface area contributed by atoms with Gasteiger partial charge in [-0.05, 0) is 97.7 Å². The van der Waals surface area contributed by atoms with Crippen LogP contribution in [0.1, 0.15) is 84.6 Å². The lowest BCUT2D eigenvalue weighted by molar-refractivity contribution is -0.137. The van der Waals surface area contributed by atoms with Crippen LogP contribution in [0.3, 0.4) is 0 Å². The van der Waals surface area contributed by atoms with Gasteiger partial charge in [-0.15, -0.1) is 0 Å². The molecule has 0 fully saturated rings. The fourth-order valence-corrected chi connectivity index (χ4v) is 5.78. The summed E-state index contributed by atoms with van der Waals surface area (Å²) in [6.45, 7) is 7.46. The van der Waals surface area contributed by atoms with E-state index in [1.165, 1.54) is 18.9 Å². The van der Waals surface area contributed by atoms with E-state index in [9.17, 15) is 14.4 Å². The summed E-state index contributed by atoms with van der Waals surface area (Å²) >= 11 is 0. The van der Waals surface area contributed by atoms with E-state index in [1.54, 1.807) is 24.3 Å². The van der Waals surface area contributed by atoms with E-state index < -0.39 is 5.97 Å². The van der Waals surface area contributed by atoms with Crippen molar-refractivity contribution in [2.24, 2.45) is 0 Å². The number of hydrogen-bond acceptors (Lipinski definition) is 9. The number of fused-ring (bicyclic) bond motifs is 3. The number of pyridine rings is 1. The molecule has 9 nitrogen and oxygen atoms in total. The van der Waals surface area contributed by atoms with Crippen LogP contribution in [0, 0.1) is 0 Å². The largest absolute Gasteiger partial charge is 0.494 e.